The molecule has 2 aromatic rings. The lowest BCUT2D eigenvalue weighted by molar-refractivity contribution is -0.160. The van der Waals surface area contributed by atoms with Crippen molar-refractivity contribution in [3.05, 3.63) is 58.7 Å². The summed E-state index contributed by atoms with van der Waals surface area (Å²) in [6, 6.07) is 8.43. The van der Waals surface area contributed by atoms with Crippen LogP contribution in [-0.2, 0) is 19.1 Å². The van der Waals surface area contributed by atoms with Crippen molar-refractivity contribution in [3.8, 4) is 17.2 Å². The van der Waals surface area contributed by atoms with Crippen LogP contribution < -0.4 is 14.2 Å². The summed E-state index contributed by atoms with van der Waals surface area (Å²) in [6.45, 7) is 16.2. The van der Waals surface area contributed by atoms with Crippen LogP contribution in [0.3, 0.4) is 0 Å². The number of allylic oxidation sites excluding steroid dienone is 1. The number of carbonyl (C=O) groups excluding carboxylic acids is 3. The molecule has 0 unspecified atom stereocenters. The molecule has 0 saturated heterocycles. The highest BCUT2D eigenvalue weighted by Crippen LogP contribution is 2.36. The Morgan fingerprint density at radius 2 is 1.31 bits per heavy atom. The summed E-state index contributed by atoms with van der Waals surface area (Å²) in [4.78, 5) is 36.7. The zero-order chi connectivity index (χ0) is 29.4. The minimum atomic E-state index is -0.626. The van der Waals surface area contributed by atoms with E-state index in [0.717, 1.165) is 16.7 Å². The third-order valence-corrected chi connectivity index (χ3v) is 5.55. The van der Waals surface area contributed by atoms with Gasteiger partial charge in [0.2, 0.25) is 13.6 Å². The molecule has 0 N–H and O–H groups in total. The number of hydrogen-bond donors (Lipinski definition) is 0. The van der Waals surface area contributed by atoms with Crippen molar-refractivity contribution in [2.45, 2.75) is 62.3 Å². The van der Waals surface area contributed by atoms with E-state index >= 15 is 0 Å². The van der Waals surface area contributed by atoms with Crippen molar-refractivity contribution in [2.24, 2.45) is 10.8 Å². The van der Waals surface area contributed by atoms with Gasteiger partial charge in [-0.25, -0.2) is 0 Å². The van der Waals surface area contributed by atoms with Crippen LogP contribution in [0.15, 0.2) is 36.4 Å². The average Bonchev–Trinajstić information content (AvgIpc) is 2.85. The van der Waals surface area contributed by atoms with E-state index in [4.69, 9.17) is 23.7 Å². The normalized spacial score (nSPS) is 11.7. The molecule has 8 nitrogen and oxygen atoms in total. The second-order valence-corrected chi connectivity index (χ2v) is 11.1. The van der Waals surface area contributed by atoms with Gasteiger partial charge in [0.05, 0.1) is 17.4 Å². The van der Waals surface area contributed by atoms with Crippen LogP contribution >= 0.6 is 0 Å². The maximum Gasteiger partial charge on any atom is 0.314 e. The van der Waals surface area contributed by atoms with Crippen molar-refractivity contribution in [1.29, 1.82) is 0 Å². The Bertz CT molecular complexity index is 1200. The summed E-state index contributed by atoms with van der Waals surface area (Å²) in [6.07, 6.45) is 3.18. The highest BCUT2D eigenvalue weighted by molar-refractivity contribution is 6.07. The van der Waals surface area contributed by atoms with Gasteiger partial charge in [0.1, 0.15) is 17.2 Å². The van der Waals surface area contributed by atoms with Crippen LogP contribution in [0.25, 0.3) is 6.08 Å². The zero-order valence-electron chi connectivity index (χ0n) is 24.4. The third-order valence-electron chi connectivity index (χ3n) is 5.55. The Morgan fingerprint density at radius 1 is 0.769 bits per heavy atom. The van der Waals surface area contributed by atoms with Crippen molar-refractivity contribution >= 4 is 23.8 Å². The van der Waals surface area contributed by atoms with Gasteiger partial charge in [0, 0.05) is 16.7 Å². The number of ketones is 1. The minimum Gasteiger partial charge on any atom is -0.493 e. The summed E-state index contributed by atoms with van der Waals surface area (Å²) >= 11 is 0. The first-order chi connectivity index (χ1) is 18.1. The van der Waals surface area contributed by atoms with E-state index in [1.807, 2.05) is 26.8 Å². The molecule has 0 aliphatic rings. The molecule has 0 radical (unpaired) electrons. The van der Waals surface area contributed by atoms with Crippen molar-refractivity contribution in [2.75, 3.05) is 20.2 Å². The Morgan fingerprint density at radius 3 is 1.82 bits per heavy atom. The van der Waals surface area contributed by atoms with Gasteiger partial charge in [-0.1, -0.05) is 0 Å². The fraction of sp³-hybridized carbons (Fsp3) is 0.452. The van der Waals surface area contributed by atoms with Crippen LogP contribution in [0.5, 0.6) is 17.2 Å². The average molecular weight is 541 g/mol. The highest BCUT2D eigenvalue weighted by atomic mass is 16.7. The highest BCUT2D eigenvalue weighted by Gasteiger charge is 2.24. The summed E-state index contributed by atoms with van der Waals surface area (Å²) in [5.41, 5.74) is 1.50. The molecular formula is C31H40O8. The second kappa shape index (κ2) is 13.3. The minimum absolute atomic E-state index is 0.201. The van der Waals surface area contributed by atoms with Crippen molar-refractivity contribution in [3.63, 3.8) is 0 Å². The molecule has 0 aliphatic carbocycles. The SMILES string of the molecule is CCOc1c(/C=C/C(=O)c2ccc(OCOC(=O)C(C)(C)C)cc2)cc(C)c(OCOC(=O)C(C)(C)C)c1C. The van der Waals surface area contributed by atoms with E-state index in [-0.39, 0.29) is 31.3 Å². The molecule has 0 amide bonds. The van der Waals surface area contributed by atoms with E-state index in [2.05, 4.69) is 0 Å². The number of benzene rings is 2. The van der Waals surface area contributed by atoms with Gasteiger partial charge in [0.15, 0.2) is 5.78 Å². The van der Waals surface area contributed by atoms with Crippen LogP contribution in [0.1, 0.15) is 75.5 Å². The molecule has 0 atom stereocenters. The third kappa shape index (κ3) is 9.16. The van der Waals surface area contributed by atoms with Gasteiger partial charge in [-0.2, -0.15) is 0 Å². The van der Waals surface area contributed by atoms with Gasteiger partial charge in [-0.15, -0.1) is 0 Å². The Kier molecular flexibility index (Phi) is 10.7. The lowest BCUT2D eigenvalue weighted by Crippen LogP contribution is -2.24. The summed E-state index contributed by atoms with van der Waals surface area (Å²) in [7, 11) is 0. The van der Waals surface area contributed by atoms with Crippen molar-refractivity contribution < 1.29 is 38.1 Å². The molecular weight excluding hydrogens is 500 g/mol. The lowest BCUT2D eigenvalue weighted by Gasteiger charge is -2.20. The van der Waals surface area contributed by atoms with Gasteiger partial charge < -0.3 is 23.7 Å². The largest absolute Gasteiger partial charge is 0.493 e. The molecule has 0 aliphatic heterocycles. The molecule has 2 aromatic carbocycles. The number of hydrogen-bond acceptors (Lipinski definition) is 8. The molecule has 0 heterocycles. The quantitative estimate of drug-likeness (QED) is 0.139. The van der Waals surface area contributed by atoms with Gasteiger partial charge >= 0.3 is 11.9 Å². The Balaban J connectivity index is 2.11. The van der Waals surface area contributed by atoms with Gasteiger partial charge in [0.25, 0.3) is 0 Å². The summed E-state index contributed by atoms with van der Waals surface area (Å²) < 4.78 is 27.4. The molecule has 39 heavy (non-hydrogen) atoms. The number of aryl methyl sites for hydroxylation is 1. The first-order valence-electron chi connectivity index (χ1n) is 12.8. The summed E-state index contributed by atoms with van der Waals surface area (Å²) in [5.74, 6) is 0.702. The van der Waals surface area contributed by atoms with Crippen molar-refractivity contribution in [1.82, 2.24) is 0 Å². The number of carbonyl (C=O) groups is 3. The Hall–Kier alpha value is -3.81. The van der Waals surface area contributed by atoms with Crippen LogP contribution in [0.2, 0.25) is 0 Å². The van der Waals surface area contributed by atoms with E-state index in [1.54, 1.807) is 71.9 Å². The maximum absolute atomic E-state index is 12.8. The molecule has 8 heteroatoms. The monoisotopic (exact) mass is 540 g/mol. The summed E-state index contributed by atoms with van der Waals surface area (Å²) in [5, 5.41) is 0. The van der Waals surface area contributed by atoms with E-state index in [0.29, 0.717) is 29.4 Å². The molecule has 0 bridgehead atoms. The predicted octanol–water partition coefficient (Wildman–Crippen LogP) is 6.45. The number of rotatable bonds is 11. The standard InChI is InChI=1S/C31H40O8/c1-10-35-27-21(3)26(37-19-39-29(34)31(7,8)9)20(2)17-23(27)13-16-25(32)22-11-14-24(15-12-22)36-18-38-28(33)30(4,5)6/h11-17H,10,18-19H2,1-9H3/b16-13+. The van der Waals surface area contributed by atoms with Crippen LogP contribution in [0.4, 0.5) is 0 Å². The van der Waals surface area contributed by atoms with Crippen LogP contribution in [0, 0.1) is 24.7 Å². The first-order valence-corrected chi connectivity index (χ1v) is 12.8. The fourth-order valence-corrected chi connectivity index (χ4v) is 3.36. The van der Waals surface area contributed by atoms with Gasteiger partial charge in [-0.3, -0.25) is 14.4 Å². The first kappa shape index (κ1) is 31.4. The second-order valence-electron chi connectivity index (χ2n) is 11.1. The van der Waals surface area contributed by atoms with Crippen LogP contribution in [-0.4, -0.2) is 37.9 Å². The Labute approximate surface area is 231 Å². The molecule has 0 fully saturated rings. The fourth-order valence-electron chi connectivity index (χ4n) is 3.36. The smallest absolute Gasteiger partial charge is 0.314 e. The lowest BCUT2D eigenvalue weighted by atomic mass is 9.97. The van der Waals surface area contributed by atoms with E-state index in [1.165, 1.54) is 6.08 Å². The molecule has 0 aromatic heterocycles. The molecule has 212 valence electrons. The molecule has 0 saturated carbocycles. The molecule has 0 spiro atoms. The van der Waals surface area contributed by atoms with E-state index < -0.39 is 10.8 Å². The van der Waals surface area contributed by atoms with E-state index in [9.17, 15) is 14.4 Å². The zero-order valence-corrected chi connectivity index (χ0v) is 24.4. The maximum atomic E-state index is 12.8. The van der Waals surface area contributed by atoms with Gasteiger partial charge in [-0.05, 0) is 110 Å². The topological polar surface area (TPSA) is 97.4 Å². The molecule has 2 rings (SSSR count). The number of esters is 2. The predicted molar refractivity (Wildman–Crippen MR) is 149 cm³/mol. The number of ether oxygens (including phenoxy) is 5.